The van der Waals surface area contributed by atoms with E-state index in [0.29, 0.717) is 12.0 Å². The van der Waals surface area contributed by atoms with E-state index in [-0.39, 0.29) is 12.5 Å². The molecule has 1 aromatic heterocycles. The van der Waals surface area contributed by atoms with Crippen molar-refractivity contribution in [3.63, 3.8) is 0 Å². The number of thiophene rings is 1. The van der Waals surface area contributed by atoms with E-state index in [0.717, 1.165) is 25.7 Å². The molecule has 25 heavy (non-hydrogen) atoms. The van der Waals surface area contributed by atoms with Crippen LogP contribution in [0.2, 0.25) is 0 Å². The molecule has 0 spiro atoms. The van der Waals surface area contributed by atoms with Gasteiger partial charge in [0.15, 0.2) is 0 Å². The fourth-order valence-electron chi connectivity index (χ4n) is 2.69. The average molecular weight is 359 g/mol. The Morgan fingerprint density at radius 2 is 1.84 bits per heavy atom. The fourth-order valence-corrected chi connectivity index (χ4v) is 3.44. The largest absolute Gasteiger partial charge is 0.481 e. The molecular formula is C20H25NO3S. The zero-order valence-electron chi connectivity index (χ0n) is 14.5. The summed E-state index contributed by atoms with van der Waals surface area (Å²) in [6, 6.07) is 13.2. The summed E-state index contributed by atoms with van der Waals surface area (Å²) < 4.78 is 0. The van der Waals surface area contributed by atoms with E-state index in [1.165, 1.54) is 4.88 Å². The van der Waals surface area contributed by atoms with Crippen molar-refractivity contribution in [2.75, 3.05) is 6.54 Å². The molecule has 5 heteroatoms. The first-order valence-corrected chi connectivity index (χ1v) is 9.48. The van der Waals surface area contributed by atoms with Crippen molar-refractivity contribution < 1.29 is 14.7 Å². The quantitative estimate of drug-likeness (QED) is 0.630. The molecule has 1 heterocycles. The molecule has 0 fully saturated rings. The lowest BCUT2D eigenvalue weighted by Crippen LogP contribution is -2.44. The number of aliphatic carboxylic acids is 1. The van der Waals surface area contributed by atoms with Crippen molar-refractivity contribution >= 4 is 23.2 Å². The second kappa shape index (κ2) is 9.37. The van der Waals surface area contributed by atoms with Gasteiger partial charge in [-0.05, 0) is 43.2 Å². The highest BCUT2D eigenvalue weighted by molar-refractivity contribution is 7.09. The molecule has 134 valence electrons. The number of hydrogen-bond donors (Lipinski definition) is 2. The number of nitrogens with one attached hydrogen (secondary N) is 1. The topological polar surface area (TPSA) is 66.4 Å². The summed E-state index contributed by atoms with van der Waals surface area (Å²) in [6.45, 7) is 1.74. The zero-order valence-corrected chi connectivity index (χ0v) is 15.3. The first-order chi connectivity index (χ1) is 12.0. The van der Waals surface area contributed by atoms with Gasteiger partial charge < -0.3 is 10.4 Å². The van der Waals surface area contributed by atoms with E-state index in [1.807, 2.05) is 18.2 Å². The van der Waals surface area contributed by atoms with Crippen LogP contribution in [0, 0.1) is 0 Å². The monoisotopic (exact) mass is 359 g/mol. The minimum absolute atomic E-state index is 0.0838. The molecular weight excluding hydrogens is 334 g/mol. The Labute approximate surface area is 152 Å². The summed E-state index contributed by atoms with van der Waals surface area (Å²) >= 11 is 1.76. The second-order valence-electron chi connectivity index (χ2n) is 6.42. The molecule has 2 N–H and O–H groups in total. The van der Waals surface area contributed by atoms with Crippen LogP contribution in [0.5, 0.6) is 0 Å². The summed E-state index contributed by atoms with van der Waals surface area (Å²) in [4.78, 5) is 25.1. The Morgan fingerprint density at radius 3 is 2.48 bits per heavy atom. The standard InChI is InChI=1S/C20H25NO3S/c1-20(19(23)24,16-9-4-2-5-10-16)15-21-18(22)13-7-3-6-11-17-12-8-14-25-17/h2,4-5,8-10,12,14H,3,6-7,11,13,15H2,1H3,(H,21,22)(H,23,24). The summed E-state index contributed by atoms with van der Waals surface area (Å²) in [7, 11) is 0. The number of unbranched alkanes of at least 4 members (excludes halogenated alkanes) is 2. The van der Waals surface area contributed by atoms with E-state index >= 15 is 0 Å². The van der Waals surface area contributed by atoms with E-state index in [2.05, 4.69) is 22.8 Å². The molecule has 2 aromatic rings. The van der Waals surface area contributed by atoms with Crippen LogP contribution in [-0.4, -0.2) is 23.5 Å². The molecule has 0 aliphatic rings. The number of hydrogen-bond acceptors (Lipinski definition) is 3. The van der Waals surface area contributed by atoms with E-state index in [1.54, 1.807) is 30.4 Å². The SMILES string of the molecule is CC(CNC(=O)CCCCCc1cccs1)(C(=O)O)c1ccccc1. The average Bonchev–Trinajstić information content (AvgIpc) is 3.13. The van der Waals surface area contributed by atoms with Crippen molar-refractivity contribution in [3.8, 4) is 0 Å². The van der Waals surface area contributed by atoms with Crippen LogP contribution in [0.1, 0.15) is 43.0 Å². The van der Waals surface area contributed by atoms with Crippen LogP contribution in [0.15, 0.2) is 47.8 Å². The van der Waals surface area contributed by atoms with Gasteiger partial charge >= 0.3 is 5.97 Å². The van der Waals surface area contributed by atoms with Gasteiger partial charge in [0.1, 0.15) is 5.41 Å². The molecule has 0 saturated heterocycles. The summed E-state index contributed by atoms with van der Waals surface area (Å²) in [5.74, 6) is -1.02. The minimum Gasteiger partial charge on any atom is -0.481 e. The molecule has 1 aromatic carbocycles. The van der Waals surface area contributed by atoms with Crippen molar-refractivity contribution in [1.29, 1.82) is 0 Å². The third-order valence-electron chi connectivity index (χ3n) is 4.43. The molecule has 0 radical (unpaired) electrons. The number of benzene rings is 1. The Bertz CT molecular complexity index is 670. The van der Waals surface area contributed by atoms with E-state index in [4.69, 9.17) is 0 Å². The number of carbonyl (C=O) groups excluding carboxylic acids is 1. The number of amides is 1. The van der Waals surface area contributed by atoms with Crippen LogP contribution >= 0.6 is 11.3 Å². The molecule has 1 atom stereocenters. The lowest BCUT2D eigenvalue weighted by atomic mass is 9.82. The van der Waals surface area contributed by atoms with Crippen molar-refractivity contribution in [2.24, 2.45) is 0 Å². The number of carboxylic acids is 1. The number of rotatable bonds is 10. The third kappa shape index (κ3) is 5.71. The van der Waals surface area contributed by atoms with Gasteiger partial charge in [-0.2, -0.15) is 0 Å². The highest BCUT2D eigenvalue weighted by Crippen LogP contribution is 2.23. The number of carboxylic acid groups (broad SMARTS) is 1. The molecule has 0 bridgehead atoms. The lowest BCUT2D eigenvalue weighted by molar-refractivity contribution is -0.143. The molecule has 0 aliphatic carbocycles. The fraction of sp³-hybridized carbons (Fsp3) is 0.400. The van der Waals surface area contributed by atoms with Crippen LogP contribution in [-0.2, 0) is 21.4 Å². The number of carbonyl (C=O) groups is 2. The minimum atomic E-state index is -1.11. The van der Waals surface area contributed by atoms with Gasteiger partial charge in [0, 0.05) is 17.8 Å². The van der Waals surface area contributed by atoms with Gasteiger partial charge in [0.25, 0.3) is 0 Å². The molecule has 2 rings (SSSR count). The molecule has 0 aliphatic heterocycles. The van der Waals surface area contributed by atoms with Gasteiger partial charge in [-0.3, -0.25) is 9.59 Å². The van der Waals surface area contributed by atoms with E-state index < -0.39 is 11.4 Å². The van der Waals surface area contributed by atoms with Crippen LogP contribution in [0.25, 0.3) is 0 Å². The molecule has 4 nitrogen and oxygen atoms in total. The summed E-state index contributed by atoms with van der Waals surface area (Å²) in [6.07, 6.45) is 4.40. The summed E-state index contributed by atoms with van der Waals surface area (Å²) in [5.41, 5.74) is -0.422. The third-order valence-corrected chi connectivity index (χ3v) is 5.37. The zero-order chi connectivity index (χ0) is 18.1. The van der Waals surface area contributed by atoms with Crippen molar-refractivity contribution in [1.82, 2.24) is 5.32 Å². The second-order valence-corrected chi connectivity index (χ2v) is 7.45. The Morgan fingerprint density at radius 1 is 1.08 bits per heavy atom. The first kappa shape index (κ1) is 19.2. The Hall–Kier alpha value is -2.14. The van der Waals surface area contributed by atoms with Crippen LogP contribution in [0.3, 0.4) is 0 Å². The van der Waals surface area contributed by atoms with Gasteiger partial charge in [-0.15, -0.1) is 11.3 Å². The maximum Gasteiger partial charge on any atom is 0.315 e. The Kier molecular flexibility index (Phi) is 7.19. The maximum absolute atomic E-state index is 12.0. The predicted octanol–water partition coefficient (Wildman–Crippen LogP) is 4.01. The van der Waals surface area contributed by atoms with Gasteiger partial charge in [0.2, 0.25) is 5.91 Å². The predicted molar refractivity (Wildman–Crippen MR) is 101 cm³/mol. The maximum atomic E-state index is 12.0. The smallest absolute Gasteiger partial charge is 0.315 e. The Balaban J connectivity index is 1.73. The van der Waals surface area contributed by atoms with E-state index in [9.17, 15) is 14.7 Å². The van der Waals surface area contributed by atoms with Gasteiger partial charge in [-0.25, -0.2) is 0 Å². The highest BCUT2D eigenvalue weighted by atomic mass is 32.1. The number of aryl methyl sites for hydroxylation is 1. The molecule has 1 amide bonds. The molecule has 0 saturated carbocycles. The van der Waals surface area contributed by atoms with Crippen molar-refractivity contribution in [3.05, 3.63) is 58.3 Å². The van der Waals surface area contributed by atoms with Crippen LogP contribution < -0.4 is 5.32 Å². The normalized spacial score (nSPS) is 13.2. The first-order valence-electron chi connectivity index (χ1n) is 8.60. The summed E-state index contributed by atoms with van der Waals surface area (Å²) in [5, 5.41) is 14.5. The highest BCUT2D eigenvalue weighted by Gasteiger charge is 2.35. The molecule has 1 unspecified atom stereocenters. The van der Waals surface area contributed by atoms with Crippen molar-refractivity contribution in [2.45, 2.75) is 44.4 Å². The van der Waals surface area contributed by atoms with Gasteiger partial charge in [-0.1, -0.05) is 42.8 Å². The van der Waals surface area contributed by atoms with Gasteiger partial charge in [0.05, 0.1) is 0 Å². The van der Waals surface area contributed by atoms with Crippen LogP contribution in [0.4, 0.5) is 0 Å². The lowest BCUT2D eigenvalue weighted by Gasteiger charge is -2.25.